The van der Waals surface area contributed by atoms with Gasteiger partial charge in [-0.1, -0.05) is 17.4 Å². The summed E-state index contributed by atoms with van der Waals surface area (Å²) >= 11 is 1.51. The molecule has 0 saturated heterocycles. The van der Waals surface area contributed by atoms with Gasteiger partial charge in [-0.2, -0.15) is 0 Å². The van der Waals surface area contributed by atoms with Gasteiger partial charge in [0, 0.05) is 5.69 Å². The predicted octanol–water partition coefficient (Wildman–Crippen LogP) is 4.16. The summed E-state index contributed by atoms with van der Waals surface area (Å²) in [5, 5.41) is 15.9. The summed E-state index contributed by atoms with van der Waals surface area (Å²) in [5.74, 6) is -0.126. The van der Waals surface area contributed by atoms with Crippen molar-refractivity contribution in [1.29, 1.82) is 0 Å². The molecule has 0 fully saturated rings. The number of aromatic nitrogens is 3. The van der Waals surface area contributed by atoms with Crippen LogP contribution in [0.3, 0.4) is 0 Å². The van der Waals surface area contributed by atoms with Gasteiger partial charge in [0.15, 0.2) is 16.8 Å². The third-order valence-corrected chi connectivity index (χ3v) is 4.98. The molecule has 0 unspecified atom stereocenters. The van der Waals surface area contributed by atoms with E-state index in [2.05, 4.69) is 31.7 Å². The van der Waals surface area contributed by atoms with Crippen LogP contribution in [0.2, 0.25) is 0 Å². The van der Waals surface area contributed by atoms with Crippen molar-refractivity contribution >= 4 is 55.7 Å². The van der Waals surface area contributed by atoms with E-state index in [-0.39, 0.29) is 5.56 Å². The molecule has 0 aliphatic rings. The highest BCUT2D eigenvalue weighted by Gasteiger charge is 2.12. The predicted molar refractivity (Wildman–Crippen MR) is 111 cm³/mol. The number of anilines is 5. The van der Waals surface area contributed by atoms with Gasteiger partial charge in [-0.05, 0) is 48.9 Å². The first-order valence-electron chi connectivity index (χ1n) is 8.34. The molecule has 28 heavy (non-hydrogen) atoms. The van der Waals surface area contributed by atoms with Crippen molar-refractivity contribution in [2.75, 3.05) is 16.4 Å². The molecule has 0 radical (unpaired) electrons. The average Bonchev–Trinajstić information content (AvgIpc) is 3.07. The number of benzene rings is 2. The van der Waals surface area contributed by atoms with Crippen LogP contribution in [0.25, 0.3) is 10.2 Å². The second kappa shape index (κ2) is 7.12. The Morgan fingerprint density at radius 3 is 2.50 bits per heavy atom. The number of nitrogens with two attached hydrogens (primary N) is 1. The number of rotatable bonds is 5. The zero-order chi connectivity index (χ0) is 19.7. The van der Waals surface area contributed by atoms with E-state index >= 15 is 0 Å². The number of aryl methyl sites for hydroxylation is 1. The standard InChI is InChI=1S/C19H16N6O2S/c1-10-2-7-13-14(8-10)28-19(24-13)25-17-15(20)16(21-9-22-17)23-12-5-3-11(4-6-12)18(26)27/h2-9H,20H2,1H3,(H,26,27)(H2,21,22,23,24,25). The fourth-order valence-corrected chi connectivity index (χ4v) is 3.58. The van der Waals surface area contributed by atoms with Crippen LogP contribution in [0.5, 0.6) is 0 Å². The van der Waals surface area contributed by atoms with Gasteiger partial charge in [-0.25, -0.2) is 19.7 Å². The maximum Gasteiger partial charge on any atom is 0.335 e. The molecule has 9 heteroatoms. The van der Waals surface area contributed by atoms with E-state index in [0.29, 0.717) is 28.1 Å². The number of hydrogen-bond donors (Lipinski definition) is 4. The lowest BCUT2D eigenvalue weighted by Crippen LogP contribution is -2.05. The van der Waals surface area contributed by atoms with E-state index in [1.54, 1.807) is 12.1 Å². The molecule has 0 amide bonds. The minimum absolute atomic E-state index is 0.203. The Morgan fingerprint density at radius 2 is 1.79 bits per heavy atom. The maximum absolute atomic E-state index is 11.0. The van der Waals surface area contributed by atoms with Gasteiger partial charge >= 0.3 is 5.97 Å². The van der Waals surface area contributed by atoms with Crippen LogP contribution in [0, 0.1) is 6.92 Å². The first kappa shape index (κ1) is 17.7. The summed E-state index contributed by atoms with van der Waals surface area (Å²) in [7, 11) is 0. The van der Waals surface area contributed by atoms with Crippen LogP contribution < -0.4 is 16.4 Å². The number of carboxylic acid groups (broad SMARTS) is 1. The Morgan fingerprint density at radius 1 is 1.07 bits per heavy atom. The van der Waals surface area contributed by atoms with E-state index in [4.69, 9.17) is 10.8 Å². The van der Waals surface area contributed by atoms with Crippen LogP contribution in [-0.4, -0.2) is 26.0 Å². The first-order chi connectivity index (χ1) is 13.5. The minimum Gasteiger partial charge on any atom is -0.478 e. The normalized spacial score (nSPS) is 10.8. The Balaban J connectivity index is 1.58. The molecule has 0 aliphatic heterocycles. The van der Waals surface area contributed by atoms with Crippen molar-refractivity contribution in [2.24, 2.45) is 0 Å². The number of carbonyl (C=O) groups is 1. The summed E-state index contributed by atoms with van der Waals surface area (Å²) in [6.07, 6.45) is 1.39. The molecule has 4 rings (SSSR count). The van der Waals surface area contributed by atoms with Crippen molar-refractivity contribution in [3.8, 4) is 0 Å². The van der Waals surface area contributed by atoms with Crippen molar-refractivity contribution in [1.82, 2.24) is 15.0 Å². The molecule has 5 N–H and O–H groups in total. The fourth-order valence-electron chi connectivity index (χ4n) is 2.61. The average molecular weight is 392 g/mol. The highest BCUT2D eigenvalue weighted by Crippen LogP contribution is 2.32. The highest BCUT2D eigenvalue weighted by molar-refractivity contribution is 7.22. The zero-order valence-corrected chi connectivity index (χ0v) is 15.6. The minimum atomic E-state index is -0.981. The zero-order valence-electron chi connectivity index (χ0n) is 14.8. The largest absolute Gasteiger partial charge is 0.478 e. The van der Waals surface area contributed by atoms with Crippen molar-refractivity contribution < 1.29 is 9.90 Å². The first-order valence-corrected chi connectivity index (χ1v) is 9.16. The molecule has 2 aromatic carbocycles. The lowest BCUT2D eigenvalue weighted by atomic mass is 10.2. The number of carboxylic acids is 1. The van der Waals surface area contributed by atoms with Crippen molar-refractivity contribution in [2.45, 2.75) is 6.92 Å². The number of aromatic carboxylic acids is 1. The number of thiazole rings is 1. The smallest absolute Gasteiger partial charge is 0.335 e. The van der Waals surface area contributed by atoms with Gasteiger partial charge in [-0.15, -0.1) is 0 Å². The molecule has 0 aliphatic carbocycles. The van der Waals surface area contributed by atoms with Gasteiger partial charge in [0.2, 0.25) is 0 Å². The molecule has 140 valence electrons. The molecule has 8 nitrogen and oxygen atoms in total. The van der Waals surface area contributed by atoms with Crippen molar-refractivity contribution in [3.05, 3.63) is 59.9 Å². The van der Waals surface area contributed by atoms with Crippen LogP contribution in [0.15, 0.2) is 48.8 Å². The van der Waals surface area contributed by atoms with Crippen LogP contribution in [-0.2, 0) is 0 Å². The Hall–Kier alpha value is -3.72. The van der Waals surface area contributed by atoms with Crippen LogP contribution in [0.4, 0.5) is 28.1 Å². The molecule has 0 bridgehead atoms. The Kier molecular flexibility index (Phi) is 4.50. The van der Waals surface area contributed by atoms with Crippen LogP contribution in [0.1, 0.15) is 15.9 Å². The molecular formula is C19H16N6O2S. The van der Waals surface area contributed by atoms with Gasteiger partial charge in [-0.3, -0.25) is 0 Å². The van der Waals surface area contributed by atoms with E-state index in [1.807, 2.05) is 19.1 Å². The maximum atomic E-state index is 11.0. The Labute approximate surface area is 164 Å². The summed E-state index contributed by atoms with van der Waals surface area (Å²) in [4.78, 5) is 23.9. The van der Waals surface area contributed by atoms with E-state index < -0.39 is 5.97 Å². The summed E-state index contributed by atoms with van der Waals surface area (Å²) < 4.78 is 1.08. The lowest BCUT2D eigenvalue weighted by Gasteiger charge is -2.11. The molecule has 0 atom stereocenters. The monoisotopic (exact) mass is 392 g/mol. The molecular weight excluding hydrogens is 376 g/mol. The topological polar surface area (TPSA) is 126 Å². The number of nitrogen functional groups attached to an aromatic ring is 1. The Bertz CT molecular complexity index is 1170. The molecule has 2 heterocycles. The summed E-state index contributed by atoms with van der Waals surface area (Å²) in [6.45, 7) is 2.04. The molecule has 2 aromatic heterocycles. The number of hydrogen-bond acceptors (Lipinski definition) is 8. The van der Waals surface area contributed by atoms with Gasteiger partial charge in [0.1, 0.15) is 12.0 Å². The van der Waals surface area contributed by atoms with E-state index in [1.165, 1.54) is 35.4 Å². The number of nitrogens with zero attached hydrogens (tertiary/aromatic N) is 3. The molecule has 0 saturated carbocycles. The summed E-state index contributed by atoms with van der Waals surface area (Å²) in [6, 6.07) is 12.4. The quantitative estimate of drug-likeness (QED) is 0.399. The van der Waals surface area contributed by atoms with Gasteiger partial charge in [0.25, 0.3) is 0 Å². The SMILES string of the molecule is Cc1ccc2nc(Nc3ncnc(Nc4ccc(C(=O)O)cc4)c3N)sc2c1. The van der Waals surface area contributed by atoms with Crippen molar-refractivity contribution in [3.63, 3.8) is 0 Å². The van der Waals surface area contributed by atoms with Crippen LogP contribution >= 0.6 is 11.3 Å². The van der Waals surface area contributed by atoms with E-state index in [0.717, 1.165) is 10.2 Å². The van der Waals surface area contributed by atoms with Gasteiger partial charge < -0.3 is 21.5 Å². The van der Waals surface area contributed by atoms with E-state index in [9.17, 15) is 4.79 Å². The number of fused-ring (bicyclic) bond motifs is 1. The second-order valence-corrected chi connectivity index (χ2v) is 7.14. The summed E-state index contributed by atoms with van der Waals surface area (Å²) in [5.41, 5.74) is 9.49. The van der Waals surface area contributed by atoms with Gasteiger partial charge in [0.05, 0.1) is 15.8 Å². The lowest BCUT2D eigenvalue weighted by molar-refractivity contribution is 0.0697. The molecule has 0 spiro atoms. The number of nitrogens with one attached hydrogen (secondary N) is 2. The molecule has 4 aromatic rings. The second-order valence-electron chi connectivity index (χ2n) is 6.11. The highest BCUT2D eigenvalue weighted by atomic mass is 32.1. The third-order valence-electron chi connectivity index (χ3n) is 4.05. The fraction of sp³-hybridized carbons (Fsp3) is 0.0526. The third kappa shape index (κ3) is 3.55.